The molecule has 0 saturated heterocycles. The van der Waals surface area contributed by atoms with Crippen LogP contribution in [-0.4, -0.2) is 40.6 Å². The summed E-state index contributed by atoms with van der Waals surface area (Å²) in [5.41, 5.74) is 7.72. The maximum atomic E-state index is 13.4. The van der Waals surface area contributed by atoms with E-state index in [1.54, 1.807) is 50.6 Å². The first-order valence-electron chi connectivity index (χ1n) is 9.40. The van der Waals surface area contributed by atoms with Crippen LogP contribution in [0.4, 0.5) is 8.78 Å². The molecule has 7 nitrogen and oxygen atoms in total. The van der Waals surface area contributed by atoms with Gasteiger partial charge in [0.15, 0.2) is 11.5 Å². The molecule has 0 bridgehead atoms. The number of guanidine groups is 1. The Morgan fingerprint density at radius 2 is 1.84 bits per heavy atom. The molecule has 2 heterocycles. The van der Waals surface area contributed by atoms with Gasteiger partial charge in [0, 0.05) is 12.6 Å². The summed E-state index contributed by atoms with van der Waals surface area (Å²) in [4.78, 5) is 19.2. The third-order valence-electron chi connectivity index (χ3n) is 5.25. The molecule has 0 aliphatic carbocycles. The zero-order valence-electron chi connectivity index (χ0n) is 16.8. The molecule has 1 unspecified atom stereocenters. The summed E-state index contributed by atoms with van der Waals surface area (Å²) >= 11 is 0. The van der Waals surface area contributed by atoms with Crippen LogP contribution in [0.15, 0.2) is 65.9 Å². The standard InChI is InChI=1S/C22H19F2N5O2/c1-13-10-17(6-7-18(13)31-20(23)24)22(19(30)29(2)21(25)28-22)16-5-3-4-14(11-16)15-8-9-26-27-12-15/h3-12,20H,1-2H3,(H2,25,28). The summed E-state index contributed by atoms with van der Waals surface area (Å²) in [5.74, 6) is -0.260. The number of aryl methyl sites for hydroxylation is 1. The zero-order chi connectivity index (χ0) is 22.2. The largest absolute Gasteiger partial charge is 0.435 e. The van der Waals surface area contributed by atoms with Crippen LogP contribution in [0.25, 0.3) is 11.1 Å². The maximum Gasteiger partial charge on any atom is 0.387 e. The number of carbonyl (C=O) groups is 1. The maximum absolute atomic E-state index is 13.4. The normalized spacial score (nSPS) is 18.4. The molecule has 2 N–H and O–H groups in total. The molecular weight excluding hydrogens is 404 g/mol. The molecule has 0 saturated carbocycles. The highest BCUT2D eigenvalue weighted by Crippen LogP contribution is 2.41. The minimum Gasteiger partial charge on any atom is -0.435 e. The van der Waals surface area contributed by atoms with Crippen molar-refractivity contribution in [3.63, 3.8) is 0 Å². The quantitative estimate of drug-likeness (QED) is 0.681. The van der Waals surface area contributed by atoms with Gasteiger partial charge in [0.2, 0.25) is 0 Å². The average molecular weight is 423 g/mol. The van der Waals surface area contributed by atoms with Crippen molar-refractivity contribution in [3.8, 4) is 16.9 Å². The van der Waals surface area contributed by atoms with E-state index in [4.69, 9.17) is 5.73 Å². The van der Waals surface area contributed by atoms with E-state index in [0.717, 1.165) is 11.1 Å². The van der Waals surface area contributed by atoms with Crippen LogP contribution in [0.5, 0.6) is 5.75 Å². The van der Waals surface area contributed by atoms with Gasteiger partial charge in [-0.1, -0.05) is 24.3 Å². The number of benzene rings is 2. The van der Waals surface area contributed by atoms with E-state index in [0.29, 0.717) is 16.7 Å². The second kappa shape index (κ2) is 7.75. The summed E-state index contributed by atoms with van der Waals surface area (Å²) in [6.07, 6.45) is 3.19. The molecule has 0 radical (unpaired) electrons. The topological polar surface area (TPSA) is 93.7 Å². The smallest absolute Gasteiger partial charge is 0.387 e. The van der Waals surface area contributed by atoms with Crippen LogP contribution in [-0.2, 0) is 10.3 Å². The monoisotopic (exact) mass is 423 g/mol. The zero-order valence-corrected chi connectivity index (χ0v) is 16.8. The Hall–Kier alpha value is -3.88. The van der Waals surface area contributed by atoms with E-state index in [1.807, 2.05) is 18.2 Å². The molecule has 4 rings (SSSR count). The Morgan fingerprint density at radius 3 is 2.45 bits per heavy atom. The van der Waals surface area contributed by atoms with Gasteiger partial charge in [-0.2, -0.15) is 19.0 Å². The van der Waals surface area contributed by atoms with Crippen molar-refractivity contribution < 1.29 is 18.3 Å². The second-order valence-corrected chi connectivity index (χ2v) is 7.12. The number of hydrogen-bond acceptors (Lipinski definition) is 6. The number of halogens is 2. The number of likely N-dealkylation sites (N-methyl/N-ethyl adjacent to an activating group) is 1. The average Bonchev–Trinajstić information content (AvgIpc) is 3.00. The number of nitrogens with zero attached hydrogens (tertiary/aromatic N) is 4. The predicted octanol–water partition coefficient (Wildman–Crippen LogP) is 3.08. The SMILES string of the molecule is Cc1cc(C2(c3cccc(-c4ccnnc4)c3)N=C(N)N(C)C2=O)ccc1OC(F)F. The number of nitrogens with two attached hydrogens (primary N) is 1. The minimum absolute atomic E-state index is 0.0289. The number of rotatable bonds is 5. The Morgan fingerprint density at radius 1 is 1.06 bits per heavy atom. The van der Waals surface area contributed by atoms with Crippen LogP contribution < -0.4 is 10.5 Å². The number of alkyl halides is 2. The van der Waals surface area contributed by atoms with E-state index in [2.05, 4.69) is 19.9 Å². The minimum atomic E-state index is -2.95. The lowest BCUT2D eigenvalue weighted by Crippen LogP contribution is -2.41. The van der Waals surface area contributed by atoms with Gasteiger partial charge in [0.05, 0.1) is 12.4 Å². The number of aromatic nitrogens is 2. The van der Waals surface area contributed by atoms with Crippen LogP contribution in [0, 0.1) is 6.92 Å². The third-order valence-corrected chi connectivity index (χ3v) is 5.25. The first-order chi connectivity index (χ1) is 14.8. The van der Waals surface area contributed by atoms with E-state index < -0.39 is 12.2 Å². The number of amides is 1. The highest BCUT2D eigenvalue weighted by Gasteiger charge is 2.49. The van der Waals surface area contributed by atoms with Gasteiger partial charge in [-0.3, -0.25) is 9.69 Å². The highest BCUT2D eigenvalue weighted by molar-refractivity contribution is 6.09. The van der Waals surface area contributed by atoms with Crippen molar-refractivity contribution >= 4 is 11.9 Å². The Labute approximate surface area is 177 Å². The van der Waals surface area contributed by atoms with E-state index in [9.17, 15) is 13.6 Å². The summed E-state index contributed by atoms with van der Waals surface area (Å²) < 4.78 is 29.9. The van der Waals surface area contributed by atoms with Gasteiger partial charge >= 0.3 is 6.61 Å². The third kappa shape index (κ3) is 3.48. The molecule has 3 aromatic rings. The van der Waals surface area contributed by atoms with Crippen molar-refractivity contribution in [3.05, 3.63) is 77.6 Å². The van der Waals surface area contributed by atoms with Crippen LogP contribution in [0.3, 0.4) is 0 Å². The van der Waals surface area contributed by atoms with Gasteiger partial charge in [0.1, 0.15) is 5.75 Å². The summed E-state index contributed by atoms with van der Waals surface area (Å²) in [5, 5.41) is 7.69. The van der Waals surface area contributed by atoms with Crippen molar-refractivity contribution in [1.29, 1.82) is 0 Å². The van der Waals surface area contributed by atoms with Gasteiger partial charge in [-0.15, -0.1) is 0 Å². The van der Waals surface area contributed by atoms with Gasteiger partial charge in [-0.05, 0) is 53.4 Å². The molecule has 2 aromatic carbocycles. The number of hydrogen-bond donors (Lipinski definition) is 1. The van der Waals surface area contributed by atoms with Crippen molar-refractivity contribution in [2.24, 2.45) is 10.7 Å². The summed E-state index contributed by atoms with van der Waals surface area (Å²) in [6, 6.07) is 13.7. The Kier molecular flexibility index (Phi) is 5.10. The molecule has 1 amide bonds. The molecule has 158 valence electrons. The molecule has 31 heavy (non-hydrogen) atoms. The molecule has 0 spiro atoms. The van der Waals surface area contributed by atoms with Gasteiger partial charge in [0.25, 0.3) is 5.91 Å². The predicted molar refractivity (Wildman–Crippen MR) is 110 cm³/mol. The van der Waals surface area contributed by atoms with Crippen molar-refractivity contribution in [2.45, 2.75) is 19.1 Å². The fraction of sp³-hybridized carbons (Fsp3) is 0.182. The molecule has 1 aromatic heterocycles. The summed E-state index contributed by atoms with van der Waals surface area (Å²) in [7, 11) is 1.54. The first kappa shape index (κ1) is 20.4. The highest BCUT2D eigenvalue weighted by atomic mass is 19.3. The first-order valence-corrected chi connectivity index (χ1v) is 9.40. The van der Waals surface area contributed by atoms with Crippen molar-refractivity contribution in [1.82, 2.24) is 15.1 Å². The lowest BCUT2D eigenvalue weighted by atomic mass is 9.81. The fourth-order valence-corrected chi connectivity index (χ4v) is 3.67. The fourth-order valence-electron chi connectivity index (χ4n) is 3.67. The number of aliphatic imine (C=N–C) groups is 1. The lowest BCUT2D eigenvalue weighted by molar-refractivity contribution is -0.129. The van der Waals surface area contributed by atoms with Gasteiger partial charge < -0.3 is 10.5 Å². The van der Waals surface area contributed by atoms with Crippen LogP contribution in [0.1, 0.15) is 16.7 Å². The van der Waals surface area contributed by atoms with Gasteiger partial charge in [-0.25, -0.2) is 4.99 Å². The van der Waals surface area contributed by atoms with Crippen LogP contribution >= 0.6 is 0 Å². The van der Waals surface area contributed by atoms with E-state index in [1.165, 1.54) is 11.0 Å². The Balaban J connectivity index is 1.90. The molecule has 1 aliphatic heterocycles. The van der Waals surface area contributed by atoms with Crippen LogP contribution in [0.2, 0.25) is 0 Å². The molecule has 1 aliphatic rings. The van der Waals surface area contributed by atoms with E-state index in [-0.39, 0.29) is 17.6 Å². The molecule has 9 heteroatoms. The van der Waals surface area contributed by atoms with Crippen molar-refractivity contribution in [2.75, 3.05) is 7.05 Å². The second-order valence-electron chi connectivity index (χ2n) is 7.12. The number of ether oxygens (including phenoxy) is 1. The number of carbonyl (C=O) groups excluding carboxylic acids is 1. The molecule has 1 atom stereocenters. The van der Waals surface area contributed by atoms with E-state index >= 15 is 0 Å². The Bertz CT molecular complexity index is 1170. The lowest BCUT2D eigenvalue weighted by Gasteiger charge is -2.27. The summed E-state index contributed by atoms with van der Waals surface area (Å²) in [6.45, 7) is -1.32. The molecule has 0 fully saturated rings. The molecular formula is C22H19F2N5O2.